The van der Waals surface area contributed by atoms with Gasteiger partial charge in [0.1, 0.15) is 5.75 Å². The lowest BCUT2D eigenvalue weighted by molar-refractivity contribution is -0.139. The number of ether oxygens (including phenoxy) is 1. The van der Waals surface area contributed by atoms with E-state index < -0.39 is 5.97 Å². The van der Waals surface area contributed by atoms with Crippen molar-refractivity contribution in [3.05, 3.63) is 24.3 Å². The number of amides is 1. The van der Waals surface area contributed by atoms with Gasteiger partial charge in [0.05, 0.1) is 0 Å². The number of hydrogen-bond donors (Lipinski definition) is 3. The van der Waals surface area contributed by atoms with E-state index in [1.54, 1.807) is 24.3 Å². The van der Waals surface area contributed by atoms with Crippen LogP contribution < -0.4 is 15.4 Å². The molecular formula is C14H20N2O4. The van der Waals surface area contributed by atoms with Crippen molar-refractivity contribution in [1.82, 2.24) is 5.32 Å². The molecule has 1 amide bonds. The summed E-state index contributed by atoms with van der Waals surface area (Å²) < 4.78 is 5.00. The number of carboxylic acids is 1. The lowest BCUT2D eigenvalue weighted by Crippen LogP contribution is -2.27. The molecule has 0 bridgehead atoms. The third-order valence-electron chi connectivity index (χ3n) is 2.41. The van der Waals surface area contributed by atoms with Crippen LogP contribution in [0, 0.1) is 0 Å². The molecule has 1 rings (SSSR count). The molecule has 0 heterocycles. The second-order valence-electron chi connectivity index (χ2n) is 4.61. The van der Waals surface area contributed by atoms with Gasteiger partial charge in [0, 0.05) is 24.7 Å². The highest BCUT2D eigenvalue weighted by Gasteiger charge is 2.04. The number of nitrogens with one attached hydrogen (secondary N) is 2. The third kappa shape index (κ3) is 6.75. The number of hydrogen-bond acceptors (Lipinski definition) is 4. The third-order valence-corrected chi connectivity index (χ3v) is 2.41. The molecule has 3 N–H and O–H groups in total. The molecule has 1 aromatic carbocycles. The van der Waals surface area contributed by atoms with E-state index in [0.717, 1.165) is 0 Å². The van der Waals surface area contributed by atoms with E-state index in [1.807, 2.05) is 13.8 Å². The van der Waals surface area contributed by atoms with E-state index in [9.17, 15) is 9.59 Å². The quantitative estimate of drug-likeness (QED) is 0.671. The van der Waals surface area contributed by atoms with Crippen LogP contribution in [0.5, 0.6) is 5.75 Å². The van der Waals surface area contributed by atoms with Gasteiger partial charge in [0.2, 0.25) is 5.91 Å². The molecule has 1 aromatic rings. The second-order valence-corrected chi connectivity index (χ2v) is 4.61. The van der Waals surface area contributed by atoms with Gasteiger partial charge in [0.15, 0.2) is 6.61 Å². The Hall–Kier alpha value is -2.08. The number of aliphatic carboxylic acids is 1. The summed E-state index contributed by atoms with van der Waals surface area (Å²) in [5.41, 5.74) is 0.655. The van der Waals surface area contributed by atoms with Crippen LogP contribution in [0.3, 0.4) is 0 Å². The molecule has 6 nitrogen and oxygen atoms in total. The van der Waals surface area contributed by atoms with Gasteiger partial charge >= 0.3 is 5.97 Å². The topological polar surface area (TPSA) is 87.7 Å². The molecule has 0 aromatic heterocycles. The summed E-state index contributed by atoms with van der Waals surface area (Å²) in [5, 5.41) is 14.4. The number of rotatable bonds is 8. The van der Waals surface area contributed by atoms with Crippen LogP contribution in [0.4, 0.5) is 5.69 Å². The van der Waals surface area contributed by atoms with E-state index in [1.165, 1.54) is 0 Å². The predicted octanol–water partition coefficient (Wildman–Crippen LogP) is 1.48. The summed E-state index contributed by atoms with van der Waals surface area (Å²) in [4.78, 5) is 22.0. The first-order valence-electron chi connectivity index (χ1n) is 6.45. The normalized spacial score (nSPS) is 10.3. The molecule has 6 heteroatoms. The Morgan fingerprint density at radius 3 is 2.45 bits per heavy atom. The second kappa shape index (κ2) is 8.16. The molecule has 0 radical (unpaired) electrons. The van der Waals surface area contributed by atoms with Crippen molar-refractivity contribution in [3.8, 4) is 5.75 Å². The monoisotopic (exact) mass is 280 g/mol. The van der Waals surface area contributed by atoms with Crippen LogP contribution in [0.25, 0.3) is 0 Å². The minimum absolute atomic E-state index is 0.0719. The van der Waals surface area contributed by atoms with Gasteiger partial charge in [-0.3, -0.25) is 4.79 Å². The molecule has 0 spiro atoms. The van der Waals surface area contributed by atoms with Crippen molar-refractivity contribution < 1.29 is 19.4 Å². The van der Waals surface area contributed by atoms with E-state index in [-0.39, 0.29) is 12.5 Å². The van der Waals surface area contributed by atoms with Crippen LogP contribution in [-0.2, 0) is 9.59 Å². The lowest BCUT2D eigenvalue weighted by Gasteiger charge is -2.09. The van der Waals surface area contributed by atoms with Crippen molar-refractivity contribution in [2.24, 2.45) is 0 Å². The van der Waals surface area contributed by atoms with E-state index in [0.29, 0.717) is 30.4 Å². The first kappa shape index (κ1) is 16.0. The fourth-order valence-corrected chi connectivity index (χ4v) is 1.48. The van der Waals surface area contributed by atoms with Crippen molar-refractivity contribution in [1.29, 1.82) is 0 Å². The van der Waals surface area contributed by atoms with Crippen LogP contribution in [-0.4, -0.2) is 36.2 Å². The summed E-state index contributed by atoms with van der Waals surface area (Å²) in [5.74, 6) is -0.649. The van der Waals surface area contributed by atoms with Gasteiger partial charge in [-0.05, 0) is 24.3 Å². The van der Waals surface area contributed by atoms with Crippen molar-refractivity contribution >= 4 is 17.6 Å². The smallest absolute Gasteiger partial charge is 0.341 e. The maximum Gasteiger partial charge on any atom is 0.341 e. The van der Waals surface area contributed by atoms with Crippen molar-refractivity contribution in [3.63, 3.8) is 0 Å². The highest BCUT2D eigenvalue weighted by atomic mass is 16.5. The van der Waals surface area contributed by atoms with Crippen molar-refractivity contribution in [2.45, 2.75) is 26.3 Å². The minimum Gasteiger partial charge on any atom is -0.482 e. The molecule has 0 aliphatic carbocycles. The molecule has 0 saturated carbocycles. The highest BCUT2D eigenvalue weighted by molar-refractivity contribution is 5.90. The largest absolute Gasteiger partial charge is 0.482 e. The Kier molecular flexibility index (Phi) is 6.52. The van der Waals surface area contributed by atoms with E-state index in [2.05, 4.69) is 10.6 Å². The predicted molar refractivity (Wildman–Crippen MR) is 76.0 cm³/mol. The number of anilines is 1. The van der Waals surface area contributed by atoms with Crippen LogP contribution in [0.1, 0.15) is 20.3 Å². The number of benzene rings is 1. The number of carbonyl (C=O) groups excluding carboxylic acids is 1. The van der Waals surface area contributed by atoms with Gasteiger partial charge in [-0.25, -0.2) is 4.79 Å². The standard InChI is InChI=1S/C14H20N2O4/c1-10(2)15-8-7-13(17)16-11-3-5-12(6-4-11)20-9-14(18)19/h3-6,10,15H,7-9H2,1-2H3,(H,16,17)(H,18,19). The molecule has 0 atom stereocenters. The number of carbonyl (C=O) groups is 2. The molecule has 0 saturated heterocycles. The lowest BCUT2D eigenvalue weighted by atomic mass is 10.3. The Labute approximate surface area is 118 Å². The molecule has 20 heavy (non-hydrogen) atoms. The summed E-state index contributed by atoms with van der Waals surface area (Å²) in [6.45, 7) is 4.29. The van der Waals surface area contributed by atoms with Gasteiger partial charge in [0.25, 0.3) is 0 Å². The maximum absolute atomic E-state index is 11.6. The van der Waals surface area contributed by atoms with Crippen LogP contribution in [0.15, 0.2) is 24.3 Å². The van der Waals surface area contributed by atoms with E-state index >= 15 is 0 Å². The maximum atomic E-state index is 11.6. The van der Waals surface area contributed by atoms with Gasteiger partial charge < -0.3 is 20.5 Å². The Morgan fingerprint density at radius 1 is 1.25 bits per heavy atom. The molecule has 110 valence electrons. The van der Waals surface area contributed by atoms with Crippen LogP contribution in [0.2, 0.25) is 0 Å². The number of carboxylic acid groups (broad SMARTS) is 1. The fraction of sp³-hybridized carbons (Fsp3) is 0.429. The first-order chi connectivity index (χ1) is 9.47. The Morgan fingerprint density at radius 2 is 1.90 bits per heavy atom. The molecule has 0 fully saturated rings. The van der Waals surface area contributed by atoms with Crippen LogP contribution >= 0.6 is 0 Å². The summed E-state index contributed by atoms with van der Waals surface area (Å²) >= 11 is 0. The first-order valence-corrected chi connectivity index (χ1v) is 6.45. The SMILES string of the molecule is CC(C)NCCC(=O)Nc1ccc(OCC(=O)O)cc1. The fourth-order valence-electron chi connectivity index (χ4n) is 1.48. The molecular weight excluding hydrogens is 260 g/mol. The summed E-state index contributed by atoms with van der Waals surface area (Å²) in [6, 6.07) is 6.93. The Balaban J connectivity index is 2.37. The molecule has 0 aliphatic heterocycles. The van der Waals surface area contributed by atoms with Gasteiger partial charge in [-0.15, -0.1) is 0 Å². The zero-order chi connectivity index (χ0) is 15.0. The average molecular weight is 280 g/mol. The van der Waals surface area contributed by atoms with Gasteiger partial charge in [-0.2, -0.15) is 0 Å². The summed E-state index contributed by atoms with van der Waals surface area (Å²) in [6.07, 6.45) is 0.398. The zero-order valence-electron chi connectivity index (χ0n) is 11.7. The highest BCUT2D eigenvalue weighted by Crippen LogP contribution is 2.15. The minimum atomic E-state index is -1.03. The van der Waals surface area contributed by atoms with E-state index in [4.69, 9.17) is 9.84 Å². The molecule has 0 unspecified atom stereocenters. The average Bonchev–Trinajstić information content (AvgIpc) is 2.37. The molecule has 0 aliphatic rings. The van der Waals surface area contributed by atoms with Gasteiger partial charge in [-0.1, -0.05) is 13.8 Å². The van der Waals surface area contributed by atoms with Crippen molar-refractivity contribution in [2.75, 3.05) is 18.5 Å². The Bertz CT molecular complexity index is 443. The zero-order valence-corrected chi connectivity index (χ0v) is 11.7. The summed E-state index contributed by atoms with van der Waals surface area (Å²) in [7, 11) is 0.